The van der Waals surface area contributed by atoms with Gasteiger partial charge in [0.15, 0.2) is 0 Å². The van der Waals surface area contributed by atoms with Gasteiger partial charge in [-0.1, -0.05) is 6.92 Å². The van der Waals surface area contributed by atoms with Crippen LogP contribution in [0.3, 0.4) is 0 Å². The molecule has 0 spiro atoms. The van der Waals surface area contributed by atoms with Gasteiger partial charge in [0.2, 0.25) is 0 Å². The SMILES string of the molecule is CNCC1CC1(C)c1cnccn1. The van der Waals surface area contributed by atoms with Gasteiger partial charge in [-0.05, 0) is 25.9 Å². The number of hydrogen-bond donors (Lipinski definition) is 1. The lowest BCUT2D eigenvalue weighted by Crippen LogP contribution is -2.16. The van der Waals surface area contributed by atoms with Crippen molar-refractivity contribution in [3.63, 3.8) is 0 Å². The van der Waals surface area contributed by atoms with Gasteiger partial charge in [0.05, 0.1) is 5.69 Å². The summed E-state index contributed by atoms with van der Waals surface area (Å²) in [4.78, 5) is 8.46. The molecule has 2 unspecified atom stereocenters. The number of hydrogen-bond acceptors (Lipinski definition) is 3. The molecule has 0 aliphatic heterocycles. The van der Waals surface area contributed by atoms with E-state index >= 15 is 0 Å². The maximum absolute atomic E-state index is 4.35. The maximum Gasteiger partial charge on any atom is 0.0648 e. The fourth-order valence-corrected chi connectivity index (χ4v) is 1.90. The first-order chi connectivity index (χ1) is 6.27. The molecular weight excluding hydrogens is 162 g/mol. The molecule has 1 aromatic heterocycles. The molecule has 70 valence electrons. The zero-order valence-corrected chi connectivity index (χ0v) is 8.12. The zero-order chi connectivity index (χ0) is 9.31. The van der Waals surface area contributed by atoms with Crippen LogP contribution in [0.1, 0.15) is 19.0 Å². The second-order valence-electron chi connectivity index (χ2n) is 3.97. The van der Waals surface area contributed by atoms with E-state index in [1.807, 2.05) is 13.2 Å². The Labute approximate surface area is 78.6 Å². The van der Waals surface area contributed by atoms with Gasteiger partial charge in [-0.25, -0.2) is 0 Å². The summed E-state index contributed by atoms with van der Waals surface area (Å²) in [5.74, 6) is 0.731. The second kappa shape index (κ2) is 3.07. The molecule has 13 heavy (non-hydrogen) atoms. The minimum atomic E-state index is 0.275. The van der Waals surface area contributed by atoms with E-state index in [2.05, 4.69) is 22.2 Å². The number of nitrogens with zero attached hydrogens (tertiary/aromatic N) is 2. The molecule has 0 saturated heterocycles. The highest BCUT2D eigenvalue weighted by molar-refractivity contribution is 5.24. The van der Waals surface area contributed by atoms with E-state index in [4.69, 9.17) is 0 Å². The van der Waals surface area contributed by atoms with Gasteiger partial charge < -0.3 is 5.32 Å². The largest absolute Gasteiger partial charge is 0.319 e. The first-order valence-electron chi connectivity index (χ1n) is 4.68. The summed E-state index contributed by atoms with van der Waals surface area (Å²) in [5.41, 5.74) is 1.41. The predicted octanol–water partition coefficient (Wildman–Crippen LogP) is 0.974. The third kappa shape index (κ3) is 1.44. The highest BCUT2D eigenvalue weighted by atomic mass is 14.9. The summed E-state index contributed by atoms with van der Waals surface area (Å²) in [6.07, 6.45) is 6.61. The number of aromatic nitrogens is 2. The highest BCUT2D eigenvalue weighted by Crippen LogP contribution is 2.52. The van der Waals surface area contributed by atoms with Crippen LogP contribution in [0.4, 0.5) is 0 Å². The average Bonchev–Trinajstić information content (AvgIpc) is 2.81. The van der Waals surface area contributed by atoms with E-state index in [9.17, 15) is 0 Å². The molecule has 3 nitrogen and oxygen atoms in total. The van der Waals surface area contributed by atoms with Crippen molar-refractivity contribution in [2.24, 2.45) is 5.92 Å². The van der Waals surface area contributed by atoms with E-state index in [1.165, 1.54) is 6.42 Å². The molecule has 0 bridgehead atoms. The Bertz CT molecular complexity index is 285. The molecule has 0 radical (unpaired) electrons. The van der Waals surface area contributed by atoms with Gasteiger partial charge in [-0.3, -0.25) is 9.97 Å². The van der Waals surface area contributed by atoms with Crippen molar-refractivity contribution in [1.29, 1.82) is 0 Å². The van der Waals surface area contributed by atoms with E-state index < -0.39 is 0 Å². The van der Waals surface area contributed by atoms with Gasteiger partial charge in [0, 0.05) is 24.0 Å². The summed E-state index contributed by atoms with van der Waals surface area (Å²) in [6, 6.07) is 0. The lowest BCUT2D eigenvalue weighted by Gasteiger charge is -2.09. The molecule has 2 atom stereocenters. The minimum absolute atomic E-state index is 0.275. The average molecular weight is 177 g/mol. The molecule has 1 fully saturated rings. The number of nitrogens with one attached hydrogen (secondary N) is 1. The van der Waals surface area contributed by atoms with Crippen LogP contribution in [-0.2, 0) is 5.41 Å². The maximum atomic E-state index is 4.35. The molecule has 0 aromatic carbocycles. The van der Waals surface area contributed by atoms with E-state index in [0.717, 1.165) is 18.2 Å². The monoisotopic (exact) mass is 177 g/mol. The van der Waals surface area contributed by atoms with Crippen LogP contribution in [0.5, 0.6) is 0 Å². The van der Waals surface area contributed by atoms with E-state index in [1.54, 1.807) is 12.4 Å². The Morgan fingerprint density at radius 3 is 3.08 bits per heavy atom. The minimum Gasteiger partial charge on any atom is -0.319 e. The van der Waals surface area contributed by atoms with E-state index in [0.29, 0.717) is 0 Å². The molecule has 1 aliphatic carbocycles. The van der Waals surface area contributed by atoms with Gasteiger partial charge in [-0.15, -0.1) is 0 Å². The fourth-order valence-electron chi connectivity index (χ4n) is 1.90. The Kier molecular flexibility index (Phi) is 2.04. The van der Waals surface area contributed by atoms with Gasteiger partial charge in [0.25, 0.3) is 0 Å². The van der Waals surface area contributed by atoms with Gasteiger partial charge >= 0.3 is 0 Å². The van der Waals surface area contributed by atoms with Crippen molar-refractivity contribution >= 4 is 0 Å². The van der Waals surface area contributed by atoms with Crippen LogP contribution in [0.2, 0.25) is 0 Å². The molecule has 0 amide bonds. The zero-order valence-electron chi connectivity index (χ0n) is 8.12. The van der Waals surface area contributed by atoms with E-state index in [-0.39, 0.29) is 5.41 Å². The first-order valence-corrected chi connectivity index (χ1v) is 4.68. The summed E-state index contributed by atoms with van der Waals surface area (Å²) >= 11 is 0. The Morgan fingerprint density at radius 1 is 1.62 bits per heavy atom. The molecule has 3 heteroatoms. The van der Waals surface area contributed by atoms with Crippen LogP contribution in [0.25, 0.3) is 0 Å². The molecule has 2 rings (SSSR count). The second-order valence-corrected chi connectivity index (χ2v) is 3.97. The van der Waals surface area contributed by atoms with Gasteiger partial charge in [-0.2, -0.15) is 0 Å². The summed E-state index contributed by atoms with van der Waals surface area (Å²) < 4.78 is 0. The first kappa shape index (κ1) is 8.63. The van der Waals surface area contributed by atoms with Crippen molar-refractivity contribution in [1.82, 2.24) is 15.3 Å². The summed E-state index contributed by atoms with van der Waals surface area (Å²) in [5, 5.41) is 3.21. The molecule has 1 aliphatic rings. The van der Waals surface area contributed by atoms with Crippen molar-refractivity contribution < 1.29 is 0 Å². The Morgan fingerprint density at radius 2 is 2.46 bits per heavy atom. The fraction of sp³-hybridized carbons (Fsp3) is 0.600. The topological polar surface area (TPSA) is 37.8 Å². The third-order valence-corrected chi connectivity index (χ3v) is 3.01. The molecule has 1 saturated carbocycles. The molecule has 1 heterocycles. The Hall–Kier alpha value is -0.960. The lowest BCUT2D eigenvalue weighted by molar-refractivity contribution is 0.602. The standard InChI is InChI=1S/C10H15N3/c1-10(5-8(10)6-11-2)9-7-12-3-4-13-9/h3-4,7-8,11H,5-6H2,1-2H3. The third-order valence-electron chi connectivity index (χ3n) is 3.01. The van der Waals surface area contributed by atoms with Crippen molar-refractivity contribution in [3.8, 4) is 0 Å². The van der Waals surface area contributed by atoms with Crippen molar-refractivity contribution in [3.05, 3.63) is 24.3 Å². The molecule has 1 N–H and O–H groups in total. The van der Waals surface area contributed by atoms with Crippen molar-refractivity contribution in [2.75, 3.05) is 13.6 Å². The smallest absolute Gasteiger partial charge is 0.0648 e. The molecular formula is C10H15N3. The van der Waals surface area contributed by atoms with Crippen LogP contribution in [-0.4, -0.2) is 23.6 Å². The highest BCUT2D eigenvalue weighted by Gasteiger charge is 2.51. The molecule has 1 aromatic rings. The summed E-state index contributed by atoms with van der Waals surface area (Å²) in [6.45, 7) is 3.34. The van der Waals surface area contributed by atoms with Crippen LogP contribution in [0, 0.1) is 5.92 Å². The van der Waals surface area contributed by atoms with Crippen LogP contribution < -0.4 is 5.32 Å². The quantitative estimate of drug-likeness (QED) is 0.747. The lowest BCUT2D eigenvalue weighted by atomic mass is 10.0. The van der Waals surface area contributed by atoms with Crippen LogP contribution in [0.15, 0.2) is 18.6 Å². The van der Waals surface area contributed by atoms with Gasteiger partial charge in [0.1, 0.15) is 0 Å². The summed E-state index contributed by atoms with van der Waals surface area (Å²) in [7, 11) is 2.00. The normalized spacial score (nSPS) is 31.7. The predicted molar refractivity (Wildman–Crippen MR) is 51.4 cm³/mol. The van der Waals surface area contributed by atoms with Crippen LogP contribution >= 0.6 is 0 Å². The van der Waals surface area contributed by atoms with Crippen molar-refractivity contribution in [2.45, 2.75) is 18.8 Å². The number of rotatable bonds is 3. The Balaban J connectivity index is 2.11.